The van der Waals surface area contributed by atoms with Crippen LogP contribution in [0.1, 0.15) is 36.0 Å². The van der Waals surface area contributed by atoms with E-state index in [1.54, 1.807) is 6.33 Å². The second kappa shape index (κ2) is 10.5. The molecule has 0 aliphatic carbocycles. The Balaban J connectivity index is 1.28. The summed E-state index contributed by atoms with van der Waals surface area (Å²) in [5.74, 6) is 0.639. The van der Waals surface area contributed by atoms with E-state index in [1.807, 2.05) is 59.2 Å². The van der Waals surface area contributed by atoms with Crippen molar-refractivity contribution in [2.45, 2.75) is 37.9 Å². The second-order valence-electron chi connectivity index (χ2n) is 10.4. The normalized spacial score (nSPS) is 20.3. The first-order valence-electron chi connectivity index (χ1n) is 13.4. The van der Waals surface area contributed by atoms with Crippen LogP contribution < -0.4 is 5.32 Å². The number of carbonyl (C=O) groups is 1. The molecule has 0 bridgehead atoms. The Bertz CT molecular complexity index is 1420. The summed E-state index contributed by atoms with van der Waals surface area (Å²) in [5.41, 5.74) is 3.71. The molecule has 2 saturated heterocycles. The number of imidazole rings is 1. The third-order valence-corrected chi connectivity index (χ3v) is 7.86. The quantitative estimate of drug-likeness (QED) is 0.417. The Morgan fingerprint density at radius 3 is 2.58 bits per heavy atom. The summed E-state index contributed by atoms with van der Waals surface area (Å²) in [4.78, 5) is 34.5. The van der Waals surface area contributed by atoms with Crippen LogP contribution in [0.2, 0.25) is 0 Å². The predicted octanol–water partition coefficient (Wildman–Crippen LogP) is 4.15. The number of nitrogens with zero attached hydrogens (tertiary/aromatic N) is 7. The second-order valence-corrected chi connectivity index (χ2v) is 10.4. The van der Waals surface area contributed by atoms with E-state index in [0.717, 1.165) is 56.7 Å². The van der Waals surface area contributed by atoms with Gasteiger partial charge in [-0.2, -0.15) is 0 Å². The number of anilines is 2. The van der Waals surface area contributed by atoms with Crippen molar-refractivity contribution in [2.24, 2.45) is 0 Å². The molecule has 2 aromatic heterocycles. The largest absolute Gasteiger partial charge is 0.338 e. The summed E-state index contributed by atoms with van der Waals surface area (Å²) in [6.45, 7) is 2.81. The number of fused-ring (bicyclic) bond motifs is 1. The molecule has 0 radical (unpaired) electrons. The molecule has 0 saturated carbocycles. The molecule has 1 amide bonds. The van der Waals surface area contributed by atoms with E-state index in [9.17, 15) is 4.79 Å². The zero-order chi connectivity index (χ0) is 26.1. The molecule has 2 aliphatic rings. The Morgan fingerprint density at radius 2 is 1.76 bits per heavy atom. The molecule has 6 rings (SSSR count). The van der Waals surface area contributed by atoms with Gasteiger partial charge in [0, 0.05) is 31.4 Å². The highest BCUT2D eigenvalue weighted by Gasteiger charge is 2.36. The zero-order valence-corrected chi connectivity index (χ0v) is 22.0. The monoisotopic (exact) mass is 510 g/mol. The highest BCUT2D eigenvalue weighted by molar-refractivity contribution is 6.01. The third-order valence-electron chi connectivity index (χ3n) is 7.86. The number of likely N-dealkylation sites (N-methyl/N-ethyl adjacent to an activating group) is 1. The number of hydrogen-bond acceptors (Lipinski definition) is 7. The van der Waals surface area contributed by atoms with Gasteiger partial charge in [0.15, 0.2) is 17.0 Å². The van der Waals surface area contributed by atoms with Crippen molar-refractivity contribution in [2.75, 3.05) is 39.0 Å². The maximum atomic E-state index is 14.0. The lowest BCUT2D eigenvalue weighted by Gasteiger charge is -2.41. The van der Waals surface area contributed by atoms with Crippen molar-refractivity contribution in [3.63, 3.8) is 0 Å². The lowest BCUT2D eigenvalue weighted by molar-refractivity contribution is 0.0210. The van der Waals surface area contributed by atoms with Gasteiger partial charge in [0.2, 0.25) is 0 Å². The molecule has 4 heterocycles. The lowest BCUT2D eigenvalue weighted by atomic mass is 10.0. The minimum absolute atomic E-state index is 0.0613. The van der Waals surface area contributed by atoms with E-state index in [-0.39, 0.29) is 12.1 Å². The molecule has 2 aromatic carbocycles. The van der Waals surface area contributed by atoms with Gasteiger partial charge < -0.3 is 15.1 Å². The third kappa shape index (κ3) is 4.63. The Hall–Kier alpha value is -3.82. The molecule has 1 N–H and O–H groups in total. The Labute approximate surface area is 223 Å². The van der Waals surface area contributed by atoms with Crippen LogP contribution in [0.15, 0.2) is 67.3 Å². The molecule has 38 heavy (non-hydrogen) atoms. The fourth-order valence-corrected chi connectivity index (χ4v) is 5.76. The number of aromatic nitrogens is 4. The Kier molecular flexibility index (Phi) is 6.78. The van der Waals surface area contributed by atoms with Crippen LogP contribution in [-0.2, 0) is 0 Å². The minimum Gasteiger partial charge on any atom is -0.338 e. The molecular weight excluding hydrogens is 476 g/mol. The van der Waals surface area contributed by atoms with Gasteiger partial charge in [-0.05, 0) is 64.0 Å². The number of para-hydroxylation sites is 2. The van der Waals surface area contributed by atoms with Crippen molar-refractivity contribution in [3.05, 3.63) is 72.8 Å². The smallest absolute Gasteiger partial charge is 0.257 e. The van der Waals surface area contributed by atoms with Crippen LogP contribution in [0.3, 0.4) is 0 Å². The molecule has 2 fully saturated rings. The molecule has 9 nitrogen and oxygen atoms in total. The highest BCUT2D eigenvalue weighted by atomic mass is 16.2. The standard InChI is InChI=1S/C29H34N8O/c1-34(2)22-15-17-35(18-22)25-14-8-9-16-36(25)29(38)23-12-6-7-13-24(23)33-27-26-28(31-19-30-27)37(20-32-26)21-10-4-3-5-11-21/h3-7,10-13,19-20,22,25H,8-9,14-18H2,1-2H3,(H,30,31,33). The maximum absolute atomic E-state index is 14.0. The van der Waals surface area contributed by atoms with E-state index in [0.29, 0.717) is 28.6 Å². The zero-order valence-electron chi connectivity index (χ0n) is 22.0. The van der Waals surface area contributed by atoms with E-state index in [4.69, 9.17) is 0 Å². The number of piperidine rings is 1. The number of benzene rings is 2. The number of carbonyl (C=O) groups excluding carboxylic acids is 1. The van der Waals surface area contributed by atoms with Gasteiger partial charge in [-0.25, -0.2) is 15.0 Å². The van der Waals surface area contributed by atoms with Crippen LogP contribution in [0.4, 0.5) is 11.5 Å². The molecule has 4 aromatic rings. The van der Waals surface area contributed by atoms with Crippen LogP contribution in [0, 0.1) is 0 Å². The average Bonchev–Trinajstić information content (AvgIpc) is 3.62. The molecular formula is C29H34N8O. The molecule has 2 atom stereocenters. The number of amides is 1. The van der Waals surface area contributed by atoms with E-state index in [2.05, 4.69) is 49.1 Å². The summed E-state index contributed by atoms with van der Waals surface area (Å²) in [7, 11) is 4.29. The van der Waals surface area contributed by atoms with Crippen molar-refractivity contribution in [3.8, 4) is 5.69 Å². The van der Waals surface area contributed by atoms with E-state index < -0.39 is 0 Å². The Morgan fingerprint density at radius 1 is 0.947 bits per heavy atom. The van der Waals surface area contributed by atoms with Crippen LogP contribution in [-0.4, -0.2) is 86.1 Å². The number of nitrogens with one attached hydrogen (secondary N) is 1. The minimum atomic E-state index is 0.0613. The van der Waals surface area contributed by atoms with Crippen LogP contribution in [0.5, 0.6) is 0 Å². The summed E-state index contributed by atoms with van der Waals surface area (Å²) in [5, 5.41) is 3.41. The first-order valence-corrected chi connectivity index (χ1v) is 13.4. The van der Waals surface area contributed by atoms with Crippen LogP contribution >= 0.6 is 0 Å². The number of rotatable bonds is 6. The topological polar surface area (TPSA) is 82.4 Å². The summed E-state index contributed by atoms with van der Waals surface area (Å²) < 4.78 is 1.94. The number of hydrogen-bond donors (Lipinski definition) is 1. The first kappa shape index (κ1) is 24.5. The number of likely N-dealkylation sites (tertiary alicyclic amines) is 2. The van der Waals surface area contributed by atoms with Gasteiger partial charge >= 0.3 is 0 Å². The molecule has 0 spiro atoms. The van der Waals surface area contributed by atoms with Crippen LogP contribution in [0.25, 0.3) is 16.9 Å². The average molecular weight is 511 g/mol. The van der Waals surface area contributed by atoms with Gasteiger partial charge in [0.1, 0.15) is 12.7 Å². The van der Waals surface area contributed by atoms with Gasteiger partial charge in [-0.3, -0.25) is 14.3 Å². The van der Waals surface area contributed by atoms with Gasteiger partial charge in [0.05, 0.1) is 17.4 Å². The van der Waals surface area contributed by atoms with Crippen molar-refractivity contribution < 1.29 is 4.79 Å². The summed E-state index contributed by atoms with van der Waals surface area (Å²) >= 11 is 0. The predicted molar refractivity (Wildman–Crippen MR) is 149 cm³/mol. The fraction of sp³-hybridized carbons (Fsp3) is 0.379. The van der Waals surface area contributed by atoms with Crippen molar-refractivity contribution in [1.82, 2.24) is 34.2 Å². The van der Waals surface area contributed by atoms with E-state index >= 15 is 0 Å². The fourth-order valence-electron chi connectivity index (χ4n) is 5.76. The molecule has 9 heteroatoms. The van der Waals surface area contributed by atoms with Crippen molar-refractivity contribution in [1.29, 1.82) is 0 Å². The molecule has 2 unspecified atom stereocenters. The lowest BCUT2D eigenvalue weighted by Crippen LogP contribution is -2.53. The maximum Gasteiger partial charge on any atom is 0.257 e. The van der Waals surface area contributed by atoms with E-state index in [1.165, 1.54) is 6.33 Å². The first-order chi connectivity index (χ1) is 18.6. The van der Waals surface area contributed by atoms with Gasteiger partial charge in [0.25, 0.3) is 5.91 Å². The SMILES string of the molecule is CN(C)C1CCN(C2CCCCN2C(=O)c2ccccc2Nc2ncnc3c2ncn3-c2ccccc2)C1. The molecule has 196 valence electrons. The molecule has 2 aliphatic heterocycles. The van der Waals surface area contributed by atoms with Gasteiger partial charge in [-0.15, -0.1) is 0 Å². The van der Waals surface area contributed by atoms with Crippen molar-refractivity contribution >= 4 is 28.6 Å². The highest BCUT2D eigenvalue weighted by Crippen LogP contribution is 2.30. The summed E-state index contributed by atoms with van der Waals surface area (Å²) in [6, 6.07) is 18.2. The van der Waals surface area contributed by atoms with Gasteiger partial charge in [-0.1, -0.05) is 30.3 Å². The summed E-state index contributed by atoms with van der Waals surface area (Å²) in [6.07, 6.45) is 7.78.